The van der Waals surface area contributed by atoms with Gasteiger partial charge in [0.15, 0.2) is 17.3 Å². The molecule has 20 heavy (non-hydrogen) atoms. The summed E-state index contributed by atoms with van der Waals surface area (Å²) in [6, 6.07) is 2.95. The van der Waals surface area contributed by atoms with E-state index in [1.165, 1.54) is 13.2 Å². The van der Waals surface area contributed by atoms with Crippen LogP contribution < -0.4 is 11.1 Å². The van der Waals surface area contributed by atoms with E-state index in [0.717, 1.165) is 5.82 Å². The highest BCUT2D eigenvalue weighted by Crippen LogP contribution is 2.21. The SMILES string of the molecule is COC(=O)c1ccc(N)c(NC(C)c2nncn2C)n1. The van der Waals surface area contributed by atoms with Crippen LogP contribution in [-0.4, -0.2) is 32.8 Å². The Hall–Kier alpha value is -2.64. The summed E-state index contributed by atoms with van der Waals surface area (Å²) in [4.78, 5) is 15.6. The molecule has 1 atom stereocenters. The first kappa shape index (κ1) is 13.8. The molecule has 0 aromatic carbocycles. The molecule has 0 radical (unpaired) electrons. The third kappa shape index (κ3) is 2.68. The van der Waals surface area contributed by atoms with Crippen molar-refractivity contribution in [2.24, 2.45) is 7.05 Å². The molecule has 0 aliphatic heterocycles. The second-order valence-corrected chi connectivity index (χ2v) is 4.29. The Balaban J connectivity index is 2.24. The van der Waals surface area contributed by atoms with Crippen molar-refractivity contribution in [1.82, 2.24) is 19.7 Å². The maximum atomic E-state index is 11.5. The number of nitrogens with zero attached hydrogens (tertiary/aromatic N) is 4. The fraction of sp³-hybridized carbons (Fsp3) is 0.333. The average Bonchev–Trinajstić information content (AvgIpc) is 2.86. The molecular weight excluding hydrogens is 260 g/mol. The molecule has 1 unspecified atom stereocenters. The summed E-state index contributed by atoms with van der Waals surface area (Å²) in [7, 11) is 3.14. The molecule has 0 bridgehead atoms. The number of aromatic nitrogens is 4. The molecule has 0 fully saturated rings. The number of carbonyl (C=O) groups excluding carboxylic acids is 1. The summed E-state index contributed by atoms with van der Waals surface area (Å²) >= 11 is 0. The second kappa shape index (κ2) is 5.55. The molecule has 0 saturated carbocycles. The van der Waals surface area contributed by atoms with Crippen molar-refractivity contribution >= 4 is 17.5 Å². The number of esters is 1. The number of hydrogen-bond donors (Lipinski definition) is 2. The van der Waals surface area contributed by atoms with Crippen LogP contribution in [0.5, 0.6) is 0 Å². The largest absolute Gasteiger partial charge is 0.464 e. The van der Waals surface area contributed by atoms with Gasteiger partial charge in [0.25, 0.3) is 0 Å². The Morgan fingerprint density at radius 2 is 2.25 bits per heavy atom. The lowest BCUT2D eigenvalue weighted by molar-refractivity contribution is 0.0594. The van der Waals surface area contributed by atoms with Gasteiger partial charge >= 0.3 is 5.97 Å². The van der Waals surface area contributed by atoms with Crippen molar-refractivity contribution in [2.45, 2.75) is 13.0 Å². The van der Waals surface area contributed by atoms with Gasteiger partial charge in [-0.3, -0.25) is 0 Å². The number of hydrogen-bond acceptors (Lipinski definition) is 7. The molecule has 8 heteroatoms. The number of pyridine rings is 1. The summed E-state index contributed by atoms with van der Waals surface area (Å²) in [5.74, 6) is 0.623. The number of carbonyl (C=O) groups is 1. The number of nitrogen functional groups attached to an aromatic ring is 1. The molecule has 0 spiro atoms. The monoisotopic (exact) mass is 276 g/mol. The van der Waals surface area contributed by atoms with Crippen molar-refractivity contribution in [2.75, 3.05) is 18.2 Å². The highest BCUT2D eigenvalue weighted by Gasteiger charge is 2.15. The van der Waals surface area contributed by atoms with Crippen LogP contribution in [0.1, 0.15) is 29.3 Å². The van der Waals surface area contributed by atoms with E-state index >= 15 is 0 Å². The average molecular weight is 276 g/mol. The highest BCUT2D eigenvalue weighted by atomic mass is 16.5. The van der Waals surface area contributed by atoms with Crippen LogP contribution >= 0.6 is 0 Å². The Morgan fingerprint density at radius 3 is 2.85 bits per heavy atom. The number of anilines is 2. The van der Waals surface area contributed by atoms with Crippen molar-refractivity contribution in [3.63, 3.8) is 0 Å². The lowest BCUT2D eigenvalue weighted by Crippen LogP contribution is -2.15. The molecule has 106 valence electrons. The maximum absolute atomic E-state index is 11.5. The Labute approximate surface area is 116 Å². The zero-order chi connectivity index (χ0) is 14.7. The van der Waals surface area contributed by atoms with Gasteiger partial charge in [-0.25, -0.2) is 9.78 Å². The molecule has 0 saturated heterocycles. The molecule has 0 aliphatic carbocycles. The number of rotatable bonds is 4. The standard InChI is InChI=1S/C12H16N6O2/c1-7(11-17-14-6-18(11)2)15-10-8(13)4-5-9(16-10)12(19)20-3/h4-7H,13H2,1-3H3,(H,15,16). The first-order valence-electron chi connectivity index (χ1n) is 5.98. The van der Waals surface area contributed by atoms with Crippen LogP contribution in [0.2, 0.25) is 0 Å². The molecule has 0 aliphatic rings. The summed E-state index contributed by atoms with van der Waals surface area (Å²) < 4.78 is 6.42. The smallest absolute Gasteiger partial charge is 0.356 e. The van der Waals surface area contributed by atoms with E-state index in [4.69, 9.17) is 5.73 Å². The lowest BCUT2D eigenvalue weighted by Gasteiger charge is -2.15. The molecule has 2 heterocycles. The van der Waals surface area contributed by atoms with Gasteiger partial charge in [-0.1, -0.05) is 0 Å². The third-order valence-electron chi connectivity index (χ3n) is 2.81. The minimum atomic E-state index is -0.514. The van der Waals surface area contributed by atoms with Gasteiger partial charge < -0.3 is 20.4 Å². The molecule has 2 aromatic rings. The van der Waals surface area contributed by atoms with Crippen LogP contribution in [-0.2, 0) is 11.8 Å². The first-order valence-corrected chi connectivity index (χ1v) is 5.98. The van der Waals surface area contributed by atoms with Gasteiger partial charge in [0, 0.05) is 7.05 Å². The van der Waals surface area contributed by atoms with Crippen LogP contribution in [0.25, 0.3) is 0 Å². The quantitative estimate of drug-likeness (QED) is 0.793. The number of methoxy groups -OCH3 is 1. The van der Waals surface area contributed by atoms with E-state index < -0.39 is 5.97 Å². The van der Waals surface area contributed by atoms with Crippen molar-refractivity contribution in [3.05, 3.63) is 30.0 Å². The van der Waals surface area contributed by atoms with Gasteiger partial charge in [0.1, 0.15) is 6.33 Å². The fourth-order valence-electron chi connectivity index (χ4n) is 1.76. The predicted molar refractivity (Wildman–Crippen MR) is 73.0 cm³/mol. The zero-order valence-corrected chi connectivity index (χ0v) is 11.5. The minimum Gasteiger partial charge on any atom is -0.464 e. The topological polar surface area (TPSA) is 108 Å². The Morgan fingerprint density at radius 1 is 1.50 bits per heavy atom. The van der Waals surface area contributed by atoms with Crippen molar-refractivity contribution in [1.29, 1.82) is 0 Å². The van der Waals surface area contributed by atoms with E-state index in [9.17, 15) is 4.79 Å². The number of nitrogens with two attached hydrogens (primary N) is 1. The first-order chi connectivity index (χ1) is 9.52. The Kier molecular flexibility index (Phi) is 3.83. The zero-order valence-electron chi connectivity index (χ0n) is 11.5. The van der Waals surface area contributed by atoms with Gasteiger partial charge in [-0.15, -0.1) is 10.2 Å². The highest BCUT2D eigenvalue weighted by molar-refractivity contribution is 5.88. The Bertz CT molecular complexity index is 624. The fourth-order valence-corrected chi connectivity index (χ4v) is 1.76. The van der Waals surface area contributed by atoms with Crippen molar-refractivity contribution < 1.29 is 9.53 Å². The van der Waals surface area contributed by atoms with E-state index in [2.05, 4.69) is 25.2 Å². The van der Waals surface area contributed by atoms with Crippen LogP contribution in [0, 0.1) is 0 Å². The van der Waals surface area contributed by atoms with Crippen molar-refractivity contribution in [3.8, 4) is 0 Å². The van der Waals surface area contributed by atoms with Gasteiger partial charge in [0.05, 0.1) is 18.8 Å². The summed E-state index contributed by atoms with van der Waals surface area (Å²) in [5, 5.41) is 10.9. The lowest BCUT2D eigenvalue weighted by atomic mass is 10.2. The molecule has 3 N–H and O–H groups in total. The van der Waals surface area contributed by atoms with E-state index in [0.29, 0.717) is 11.5 Å². The molecule has 0 amide bonds. The second-order valence-electron chi connectivity index (χ2n) is 4.29. The number of aryl methyl sites for hydroxylation is 1. The van der Waals surface area contributed by atoms with E-state index in [1.807, 2.05) is 14.0 Å². The predicted octanol–water partition coefficient (Wildman–Crippen LogP) is 0.752. The summed E-state index contributed by atoms with van der Waals surface area (Å²) in [6.07, 6.45) is 1.61. The van der Waals surface area contributed by atoms with Crippen LogP contribution in [0.4, 0.5) is 11.5 Å². The molecule has 2 rings (SSSR count). The van der Waals surface area contributed by atoms with Gasteiger partial charge in [-0.2, -0.15) is 0 Å². The third-order valence-corrected chi connectivity index (χ3v) is 2.81. The van der Waals surface area contributed by atoms with E-state index in [1.54, 1.807) is 17.0 Å². The molecule has 8 nitrogen and oxygen atoms in total. The number of nitrogens with one attached hydrogen (secondary N) is 1. The maximum Gasteiger partial charge on any atom is 0.356 e. The van der Waals surface area contributed by atoms with Gasteiger partial charge in [0.2, 0.25) is 0 Å². The normalized spacial score (nSPS) is 11.9. The summed E-state index contributed by atoms with van der Waals surface area (Å²) in [6.45, 7) is 1.90. The van der Waals surface area contributed by atoms with Gasteiger partial charge in [-0.05, 0) is 19.1 Å². The minimum absolute atomic E-state index is 0.162. The van der Waals surface area contributed by atoms with Crippen LogP contribution in [0.15, 0.2) is 18.5 Å². The molecule has 2 aromatic heterocycles. The van der Waals surface area contributed by atoms with Crippen LogP contribution in [0.3, 0.4) is 0 Å². The molecular formula is C12H16N6O2. The number of ether oxygens (including phenoxy) is 1. The summed E-state index contributed by atoms with van der Waals surface area (Å²) in [5.41, 5.74) is 6.48. The van der Waals surface area contributed by atoms with E-state index in [-0.39, 0.29) is 11.7 Å².